The van der Waals surface area contributed by atoms with Crippen molar-refractivity contribution < 1.29 is 9.18 Å². The number of carbonyl (C=O) groups excluding carboxylic acids is 1. The van der Waals surface area contributed by atoms with Crippen LogP contribution in [0.5, 0.6) is 0 Å². The van der Waals surface area contributed by atoms with E-state index in [2.05, 4.69) is 40.6 Å². The maximum atomic E-state index is 15.4. The Balaban J connectivity index is 1.25. The van der Waals surface area contributed by atoms with Gasteiger partial charge >= 0.3 is 5.69 Å². The van der Waals surface area contributed by atoms with Crippen molar-refractivity contribution in [3.8, 4) is 16.8 Å². The van der Waals surface area contributed by atoms with E-state index in [1.165, 1.54) is 10.6 Å². The van der Waals surface area contributed by atoms with Crippen molar-refractivity contribution in [2.45, 2.75) is 32.1 Å². The first-order valence-corrected chi connectivity index (χ1v) is 12.3. The first-order chi connectivity index (χ1) is 17.1. The minimum atomic E-state index is -0.477. The van der Waals surface area contributed by atoms with E-state index in [4.69, 9.17) is 0 Å². The van der Waals surface area contributed by atoms with Gasteiger partial charge < -0.3 is 4.90 Å². The zero-order chi connectivity index (χ0) is 23.9. The fourth-order valence-electron chi connectivity index (χ4n) is 5.15. The van der Waals surface area contributed by atoms with Crippen LogP contribution in [0.3, 0.4) is 0 Å². The standard InChI is InChI=1S/C28H27FN4O2/c29-24-16-23(22-9-6-19-4-2-1-3-5-21(19)15-22)10-11-25(24)33-26(30-31-28(33)35)14-18-12-13-32(17-18)27(34)20-7-8-20/h2-6,9-11,15-16,18,20H,1,7-8,12-14,17H2,(H,31,35). The minimum absolute atomic E-state index is 0.184. The van der Waals surface area contributed by atoms with Crippen molar-refractivity contribution in [1.29, 1.82) is 0 Å². The fraction of sp³-hybridized carbons (Fsp3) is 0.321. The Hall–Kier alpha value is -3.74. The highest BCUT2D eigenvalue weighted by molar-refractivity contribution is 5.81. The summed E-state index contributed by atoms with van der Waals surface area (Å²) in [4.78, 5) is 26.9. The van der Waals surface area contributed by atoms with Gasteiger partial charge in [0.1, 0.15) is 11.6 Å². The molecule has 3 aliphatic rings. The smallest absolute Gasteiger partial charge is 0.342 e. The molecule has 2 aromatic carbocycles. The van der Waals surface area contributed by atoms with Gasteiger partial charge in [-0.1, -0.05) is 42.5 Å². The van der Waals surface area contributed by atoms with Gasteiger partial charge in [0.05, 0.1) is 5.69 Å². The number of likely N-dealkylation sites (tertiary alicyclic amines) is 1. The zero-order valence-corrected chi connectivity index (χ0v) is 19.4. The number of halogens is 1. The van der Waals surface area contributed by atoms with E-state index in [-0.39, 0.29) is 23.4 Å². The molecule has 2 heterocycles. The summed E-state index contributed by atoms with van der Waals surface area (Å²) >= 11 is 0. The molecule has 3 aromatic rings. The molecule has 0 spiro atoms. The molecule has 0 radical (unpaired) electrons. The first-order valence-electron chi connectivity index (χ1n) is 12.3. The molecular weight excluding hydrogens is 443 g/mol. The summed E-state index contributed by atoms with van der Waals surface area (Å²) < 4.78 is 16.7. The lowest BCUT2D eigenvalue weighted by molar-refractivity contribution is -0.131. The highest BCUT2D eigenvalue weighted by Gasteiger charge is 2.37. The van der Waals surface area contributed by atoms with Crippen LogP contribution < -0.4 is 5.69 Å². The van der Waals surface area contributed by atoms with E-state index in [0.29, 0.717) is 18.8 Å². The lowest BCUT2D eigenvalue weighted by Gasteiger charge is -2.16. The monoisotopic (exact) mass is 470 g/mol. The topological polar surface area (TPSA) is 71.0 Å². The lowest BCUT2D eigenvalue weighted by Crippen LogP contribution is -2.30. The molecule has 1 aromatic heterocycles. The second kappa shape index (κ2) is 8.80. The summed E-state index contributed by atoms with van der Waals surface area (Å²) in [7, 11) is 0. The highest BCUT2D eigenvalue weighted by atomic mass is 19.1. The number of fused-ring (bicyclic) bond motifs is 1. The van der Waals surface area contributed by atoms with E-state index >= 15 is 4.39 Å². The van der Waals surface area contributed by atoms with Crippen molar-refractivity contribution >= 4 is 18.1 Å². The van der Waals surface area contributed by atoms with Crippen molar-refractivity contribution in [2.75, 3.05) is 13.1 Å². The molecule has 35 heavy (non-hydrogen) atoms. The molecule has 1 saturated carbocycles. The number of hydrogen-bond acceptors (Lipinski definition) is 3. The van der Waals surface area contributed by atoms with Crippen molar-refractivity contribution in [3.05, 3.63) is 81.8 Å². The number of carbonyl (C=O) groups is 1. The van der Waals surface area contributed by atoms with E-state index in [9.17, 15) is 9.59 Å². The first kappa shape index (κ1) is 21.8. The number of nitrogens with zero attached hydrogens (tertiary/aromatic N) is 3. The van der Waals surface area contributed by atoms with Crippen LogP contribution in [0.2, 0.25) is 0 Å². The van der Waals surface area contributed by atoms with Crippen LogP contribution in [-0.4, -0.2) is 38.7 Å². The third-order valence-electron chi connectivity index (χ3n) is 7.21. The normalized spacial score (nSPS) is 19.1. The van der Waals surface area contributed by atoms with Crippen molar-refractivity contribution in [2.24, 2.45) is 11.8 Å². The summed E-state index contributed by atoms with van der Waals surface area (Å²) in [5.41, 5.74) is 3.62. The maximum absolute atomic E-state index is 15.4. The molecule has 1 aliphatic heterocycles. The highest BCUT2D eigenvalue weighted by Crippen LogP contribution is 2.33. The van der Waals surface area contributed by atoms with Gasteiger partial charge in [-0.05, 0) is 72.1 Å². The Morgan fingerprint density at radius 1 is 1.03 bits per heavy atom. The molecule has 6 nitrogen and oxygen atoms in total. The molecule has 1 atom stereocenters. The number of aromatic amines is 1. The van der Waals surface area contributed by atoms with Crippen LogP contribution in [0.15, 0.2) is 53.3 Å². The molecule has 2 aliphatic carbocycles. The molecular formula is C28H27FN4O2. The molecule has 1 N–H and O–H groups in total. The summed E-state index contributed by atoms with van der Waals surface area (Å²) in [5, 5.41) is 6.67. The van der Waals surface area contributed by atoms with Gasteiger partial charge in [0.2, 0.25) is 5.91 Å². The predicted molar refractivity (Wildman–Crippen MR) is 133 cm³/mol. The molecule has 6 rings (SSSR count). The fourth-order valence-corrected chi connectivity index (χ4v) is 5.15. The van der Waals surface area contributed by atoms with Crippen LogP contribution >= 0.6 is 0 Å². The minimum Gasteiger partial charge on any atom is -0.342 e. The number of allylic oxidation sites excluding steroid dienone is 2. The Labute approximate surface area is 202 Å². The summed E-state index contributed by atoms with van der Waals surface area (Å²) in [5.74, 6) is 0.675. The van der Waals surface area contributed by atoms with E-state index in [1.807, 2.05) is 23.1 Å². The summed E-state index contributed by atoms with van der Waals surface area (Å²) in [6.07, 6.45) is 12.7. The Kier molecular flexibility index (Phi) is 5.47. The maximum Gasteiger partial charge on any atom is 0.348 e. The molecule has 2 fully saturated rings. The van der Waals surface area contributed by atoms with Gasteiger partial charge in [0.15, 0.2) is 0 Å². The average molecular weight is 471 g/mol. The van der Waals surface area contributed by atoms with Gasteiger partial charge in [0, 0.05) is 25.4 Å². The second-order valence-electron chi connectivity index (χ2n) is 9.75. The number of H-pyrrole nitrogens is 1. The van der Waals surface area contributed by atoms with Crippen molar-refractivity contribution in [1.82, 2.24) is 19.7 Å². The molecule has 0 bridgehead atoms. The lowest BCUT2D eigenvalue weighted by atomic mass is 9.98. The number of rotatable bonds is 5. The zero-order valence-electron chi connectivity index (χ0n) is 19.4. The third kappa shape index (κ3) is 4.27. The SMILES string of the molecule is O=C(C1CC1)N1CCC(Cc2n[nH]c(=O)n2-c2ccc(-c3ccc4c(c3)C=CCC=C4)cc2F)C1. The molecule has 1 amide bonds. The van der Waals surface area contributed by atoms with Crippen LogP contribution in [0, 0.1) is 17.7 Å². The summed E-state index contributed by atoms with van der Waals surface area (Å²) in [6.45, 7) is 1.41. The van der Waals surface area contributed by atoms with E-state index in [1.54, 1.807) is 6.07 Å². The number of nitrogens with one attached hydrogen (secondary N) is 1. The Bertz CT molecular complexity index is 1410. The largest absolute Gasteiger partial charge is 0.348 e. The van der Waals surface area contributed by atoms with Crippen molar-refractivity contribution in [3.63, 3.8) is 0 Å². The van der Waals surface area contributed by atoms with Crippen LogP contribution in [-0.2, 0) is 11.2 Å². The van der Waals surface area contributed by atoms with Gasteiger partial charge in [0.25, 0.3) is 0 Å². The van der Waals surface area contributed by atoms with Crippen LogP contribution in [0.1, 0.15) is 42.6 Å². The number of hydrogen-bond donors (Lipinski definition) is 1. The van der Waals surface area contributed by atoms with Gasteiger partial charge in [-0.15, -0.1) is 0 Å². The van der Waals surface area contributed by atoms with Crippen LogP contribution in [0.25, 0.3) is 29.0 Å². The van der Waals surface area contributed by atoms with Gasteiger partial charge in [-0.2, -0.15) is 5.10 Å². The second-order valence-corrected chi connectivity index (χ2v) is 9.75. The molecule has 1 saturated heterocycles. The van der Waals surface area contributed by atoms with Gasteiger partial charge in [-0.3, -0.25) is 4.79 Å². The van der Waals surface area contributed by atoms with Crippen LogP contribution in [0.4, 0.5) is 4.39 Å². The number of benzene rings is 2. The average Bonchev–Trinajstić information content (AvgIpc) is 3.57. The number of amides is 1. The van der Waals surface area contributed by atoms with E-state index in [0.717, 1.165) is 54.5 Å². The number of aromatic nitrogens is 3. The summed E-state index contributed by atoms with van der Waals surface area (Å²) in [6, 6.07) is 11.0. The third-order valence-corrected chi connectivity index (χ3v) is 7.21. The molecule has 7 heteroatoms. The predicted octanol–water partition coefficient (Wildman–Crippen LogP) is 4.60. The van der Waals surface area contributed by atoms with Gasteiger partial charge in [-0.25, -0.2) is 18.9 Å². The Morgan fingerprint density at radius 3 is 2.60 bits per heavy atom. The van der Waals surface area contributed by atoms with E-state index < -0.39 is 11.5 Å². The molecule has 178 valence electrons. The Morgan fingerprint density at radius 2 is 1.80 bits per heavy atom. The molecule has 1 unspecified atom stereocenters. The quantitative estimate of drug-likeness (QED) is 0.593.